The molecule has 0 fully saturated rings. The number of amides is 1. The van der Waals surface area contributed by atoms with Gasteiger partial charge in [-0.05, 0) is 36.4 Å². The van der Waals surface area contributed by atoms with E-state index < -0.39 is 0 Å². The molecule has 0 aliphatic heterocycles. The summed E-state index contributed by atoms with van der Waals surface area (Å²) in [6, 6.07) is 8.46. The van der Waals surface area contributed by atoms with Gasteiger partial charge in [-0.2, -0.15) is 0 Å². The molecule has 0 heterocycles. The first kappa shape index (κ1) is 16.7. The van der Waals surface area contributed by atoms with Gasteiger partial charge < -0.3 is 11.1 Å². The van der Waals surface area contributed by atoms with E-state index in [-0.39, 0.29) is 5.91 Å². The molecule has 3 heteroatoms. The summed E-state index contributed by atoms with van der Waals surface area (Å²) in [7, 11) is 0. The summed E-state index contributed by atoms with van der Waals surface area (Å²) in [6.07, 6.45) is 4.85. The minimum Gasteiger partial charge on any atom is -0.352 e. The molecule has 0 unspecified atom stereocenters. The number of hydrogen-bond donors (Lipinski definition) is 2. The van der Waals surface area contributed by atoms with Gasteiger partial charge in [-0.15, -0.1) is 0 Å². The summed E-state index contributed by atoms with van der Waals surface area (Å²) in [5.74, 6) is 0.692. The first-order valence-electron chi connectivity index (χ1n) is 7.69. The standard InChI is InChI=1S/C17H28N2O/c1-14(2)16-10-8-15(9-11-16)13-19-17(20)7-5-3-4-6-12-18/h8-11,14H,3-7,12-13,18H2,1-2H3,(H,19,20). The summed E-state index contributed by atoms with van der Waals surface area (Å²) < 4.78 is 0. The number of nitrogens with two attached hydrogens (primary N) is 1. The van der Waals surface area contributed by atoms with Crippen LogP contribution in [0.3, 0.4) is 0 Å². The van der Waals surface area contributed by atoms with Crippen molar-refractivity contribution in [1.29, 1.82) is 0 Å². The molecule has 1 rings (SSSR count). The summed E-state index contributed by atoms with van der Waals surface area (Å²) >= 11 is 0. The van der Waals surface area contributed by atoms with Crippen LogP contribution < -0.4 is 11.1 Å². The molecule has 0 atom stereocenters. The Labute approximate surface area is 122 Å². The number of nitrogens with one attached hydrogen (secondary N) is 1. The molecular formula is C17H28N2O. The van der Waals surface area contributed by atoms with Crippen LogP contribution in [0.2, 0.25) is 0 Å². The molecule has 3 N–H and O–H groups in total. The van der Waals surface area contributed by atoms with Gasteiger partial charge in [0.15, 0.2) is 0 Å². The molecule has 0 aliphatic carbocycles. The molecule has 0 aliphatic rings. The quantitative estimate of drug-likeness (QED) is 0.680. The lowest BCUT2D eigenvalue weighted by molar-refractivity contribution is -0.121. The molecule has 1 aromatic carbocycles. The second kappa shape index (κ2) is 9.54. The maximum atomic E-state index is 11.7. The van der Waals surface area contributed by atoms with Crippen molar-refractivity contribution in [3.8, 4) is 0 Å². The number of carbonyl (C=O) groups is 1. The average molecular weight is 276 g/mol. The Bertz CT molecular complexity index is 384. The van der Waals surface area contributed by atoms with Crippen molar-refractivity contribution in [1.82, 2.24) is 5.32 Å². The Morgan fingerprint density at radius 2 is 1.75 bits per heavy atom. The second-order valence-corrected chi connectivity index (χ2v) is 5.63. The topological polar surface area (TPSA) is 55.1 Å². The predicted molar refractivity (Wildman–Crippen MR) is 84.5 cm³/mol. The third-order valence-electron chi connectivity index (χ3n) is 3.49. The normalized spacial score (nSPS) is 10.8. The number of hydrogen-bond acceptors (Lipinski definition) is 2. The van der Waals surface area contributed by atoms with E-state index in [0.29, 0.717) is 18.9 Å². The molecule has 1 aromatic rings. The molecule has 0 bridgehead atoms. The third-order valence-corrected chi connectivity index (χ3v) is 3.49. The van der Waals surface area contributed by atoms with Crippen LogP contribution in [0.15, 0.2) is 24.3 Å². The minimum absolute atomic E-state index is 0.144. The van der Waals surface area contributed by atoms with Gasteiger partial charge >= 0.3 is 0 Å². The lowest BCUT2D eigenvalue weighted by atomic mass is 10.0. The van der Waals surface area contributed by atoms with E-state index in [2.05, 4.69) is 43.4 Å². The highest BCUT2D eigenvalue weighted by Crippen LogP contribution is 2.14. The maximum absolute atomic E-state index is 11.7. The van der Waals surface area contributed by atoms with E-state index in [1.165, 1.54) is 5.56 Å². The van der Waals surface area contributed by atoms with E-state index in [4.69, 9.17) is 5.73 Å². The van der Waals surface area contributed by atoms with Crippen LogP contribution in [-0.2, 0) is 11.3 Å². The van der Waals surface area contributed by atoms with Crippen LogP contribution in [0.4, 0.5) is 0 Å². The first-order chi connectivity index (χ1) is 9.63. The van der Waals surface area contributed by atoms with E-state index in [1.54, 1.807) is 0 Å². The average Bonchev–Trinajstić information content (AvgIpc) is 2.45. The fraction of sp³-hybridized carbons (Fsp3) is 0.588. The van der Waals surface area contributed by atoms with Gasteiger partial charge in [-0.1, -0.05) is 51.0 Å². The Hall–Kier alpha value is -1.35. The van der Waals surface area contributed by atoms with Crippen LogP contribution in [0.5, 0.6) is 0 Å². The molecule has 0 saturated heterocycles. The SMILES string of the molecule is CC(C)c1ccc(CNC(=O)CCCCCCN)cc1. The lowest BCUT2D eigenvalue weighted by Gasteiger charge is -2.08. The molecule has 112 valence electrons. The zero-order chi connectivity index (χ0) is 14.8. The van der Waals surface area contributed by atoms with Gasteiger partial charge in [-0.3, -0.25) is 4.79 Å². The van der Waals surface area contributed by atoms with Gasteiger partial charge in [0.1, 0.15) is 0 Å². The van der Waals surface area contributed by atoms with Crippen molar-refractivity contribution >= 4 is 5.91 Å². The smallest absolute Gasteiger partial charge is 0.220 e. The van der Waals surface area contributed by atoms with Crippen molar-refractivity contribution in [3.05, 3.63) is 35.4 Å². The largest absolute Gasteiger partial charge is 0.352 e. The summed E-state index contributed by atoms with van der Waals surface area (Å²) in [5.41, 5.74) is 7.92. The van der Waals surface area contributed by atoms with Crippen molar-refractivity contribution in [2.45, 2.75) is 58.4 Å². The summed E-state index contributed by atoms with van der Waals surface area (Å²) in [5, 5.41) is 2.97. The molecule has 1 amide bonds. The molecule has 0 spiro atoms. The monoisotopic (exact) mass is 276 g/mol. The Morgan fingerprint density at radius 3 is 2.35 bits per heavy atom. The van der Waals surface area contributed by atoms with Crippen LogP contribution >= 0.6 is 0 Å². The summed E-state index contributed by atoms with van der Waals surface area (Å²) in [4.78, 5) is 11.7. The minimum atomic E-state index is 0.144. The van der Waals surface area contributed by atoms with Gasteiger partial charge in [0, 0.05) is 13.0 Å². The fourth-order valence-electron chi connectivity index (χ4n) is 2.09. The van der Waals surface area contributed by atoms with Gasteiger partial charge in [0.25, 0.3) is 0 Å². The molecule has 0 radical (unpaired) electrons. The second-order valence-electron chi connectivity index (χ2n) is 5.63. The van der Waals surface area contributed by atoms with Crippen molar-refractivity contribution in [3.63, 3.8) is 0 Å². The van der Waals surface area contributed by atoms with Crippen molar-refractivity contribution in [2.24, 2.45) is 5.73 Å². The molecule has 3 nitrogen and oxygen atoms in total. The Kier molecular flexibility index (Phi) is 7.97. The van der Waals surface area contributed by atoms with Gasteiger partial charge in [0.2, 0.25) is 5.91 Å². The third kappa shape index (κ3) is 6.71. The first-order valence-corrected chi connectivity index (χ1v) is 7.69. The highest BCUT2D eigenvalue weighted by Gasteiger charge is 2.02. The summed E-state index contributed by atoms with van der Waals surface area (Å²) in [6.45, 7) is 5.74. The van der Waals surface area contributed by atoms with E-state index >= 15 is 0 Å². The lowest BCUT2D eigenvalue weighted by Crippen LogP contribution is -2.22. The highest BCUT2D eigenvalue weighted by molar-refractivity contribution is 5.75. The highest BCUT2D eigenvalue weighted by atomic mass is 16.1. The van der Waals surface area contributed by atoms with Gasteiger partial charge in [-0.25, -0.2) is 0 Å². The number of benzene rings is 1. The number of unbranched alkanes of at least 4 members (excludes halogenated alkanes) is 3. The van der Waals surface area contributed by atoms with E-state index in [1.807, 2.05) is 0 Å². The van der Waals surface area contributed by atoms with E-state index in [9.17, 15) is 4.79 Å². The zero-order valence-corrected chi connectivity index (χ0v) is 12.8. The number of carbonyl (C=O) groups excluding carboxylic acids is 1. The molecular weight excluding hydrogens is 248 g/mol. The molecule has 0 saturated carbocycles. The number of rotatable bonds is 9. The Balaban J connectivity index is 2.20. The van der Waals surface area contributed by atoms with Crippen LogP contribution in [0.25, 0.3) is 0 Å². The molecule has 0 aromatic heterocycles. The van der Waals surface area contributed by atoms with Crippen LogP contribution in [0, 0.1) is 0 Å². The van der Waals surface area contributed by atoms with Crippen molar-refractivity contribution < 1.29 is 4.79 Å². The van der Waals surface area contributed by atoms with E-state index in [0.717, 1.165) is 37.8 Å². The van der Waals surface area contributed by atoms with Crippen LogP contribution in [0.1, 0.15) is 63.0 Å². The zero-order valence-electron chi connectivity index (χ0n) is 12.8. The van der Waals surface area contributed by atoms with Crippen LogP contribution in [-0.4, -0.2) is 12.5 Å². The Morgan fingerprint density at radius 1 is 1.10 bits per heavy atom. The maximum Gasteiger partial charge on any atom is 0.220 e. The fourth-order valence-corrected chi connectivity index (χ4v) is 2.09. The van der Waals surface area contributed by atoms with Crippen molar-refractivity contribution in [2.75, 3.05) is 6.54 Å². The van der Waals surface area contributed by atoms with Gasteiger partial charge in [0.05, 0.1) is 0 Å². The predicted octanol–water partition coefficient (Wildman–Crippen LogP) is 3.34. The molecule has 20 heavy (non-hydrogen) atoms.